The molecule has 10 nitrogen and oxygen atoms in total. The first-order valence-corrected chi connectivity index (χ1v) is 7.18. The van der Waals surface area contributed by atoms with Crippen LogP contribution in [-0.4, -0.2) is 61.1 Å². The minimum Gasteiger partial charge on any atom is -0.463 e. The number of carbonyl (C=O) groups excluding carboxylic acids is 4. The summed E-state index contributed by atoms with van der Waals surface area (Å²) >= 11 is 0. The maximum Gasteiger partial charge on any atom is 0.304 e. The number of nitrogens with two attached hydrogens (primary N) is 1. The average molecular weight is 347 g/mol. The number of carbonyl (C=O) groups is 4. The molecule has 5 atom stereocenters. The number of ether oxygens (including phenoxy) is 5. The lowest BCUT2D eigenvalue weighted by atomic mass is 9.97. The molecule has 0 aromatic heterocycles. The van der Waals surface area contributed by atoms with Crippen LogP contribution in [0, 0.1) is 0 Å². The Bertz CT molecular complexity index is 490. The first-order chi connectivity index (χ1) is 11.1. The lowest BCUT2D eigenvalue weighted by Crippen LogP contribution is -2.65. The zero-order chi connectivity index (χ0) is 18.4. The Balaban J connectivity index is 3.08. The Morgan fingerprint density at radius 2 is 1.33 bits per heavy atom. The van der Waals surface area contributed by atoms with Crippen LogP contribution in [0.25, 0.3) is 0 Å². The summed E-state index contributed by atoms with van der Waals surface area (Å²) in [7, 11) is 0. The molecule has 10 heteroatoms. The van der Waals surface area contributed by atoms with Gasteiger partial charge >= 0.3 is 23.9 Å². The molecular formula is C14H21NO9. The van der Waals surface area contributed by atoms with Crippen molar-refractivity contribution >= 4 is 23.9 Å². The van der Waals surface area contributed by atoms with E-state index in [0.29, 0.717) is 0 Å². The molecule has 0 spiro atoms. The van der Waals surface area contributed by atoms with Gasteiger partial charge in [0.05, 0.1) is 0 Å². The van der Waals surface area contributed by atoms with Crippen LogP contribution in [0.5, 0.6) is 0 Å². The summed E-state index contributed by atoms with van der Waals surface area (Å²) in [4.78, 5) is 44.9. The monoisotopic (exact) mass is 347 g/mol. The van der Waals surface area contributed by atoms with Gasteiger partial charge in [0.1, 0.15) is 18.8 Å². The molecule has 1 rings (SSSR count). The van der Waals surface area contributed by atoms with E-state index in [2.05, 4.69) is 0 Å². The van der Waals surface area contributed by atoms with Crippen LogP contribution in [0.3, 0.4) is 0 Å². The van der Waals surface area contributed by atoms with Crippen molar-refractivity contribution in [3.8, 4) is 0 Å². The van der Waals surface area contributed by atoms with Gasteiger partial charge in [-0.15, -0.1) is 0 Å². The van der Waals surface area contributed by atoms with Crippen molar-refractivity contribution < 1.29 is 42.9 Å². The molecule has 0 aliphatic carbocycles. The number of hydrogen-bond acceptors (Lipinski definition) is 10. The van der Waals surface area contributed by atoms with Crippen molar-refractivity contribution in [3.63, 3.8) is 0 Å². The van der Waals surface area contributed by atoms with E-state index in [9.17, 15) is 19.2 Å². The van der Waals surface area contributed by atoms with E-state index in [1.807, 2.05) is 0 Å². The minimum atomic E-state index is -1.26. The van der Waals surface area contributed by atoms with E-state index in [0.717, 1.165) is 20.8 Å². The Morgan fingerprint density at radius 1 is 0.833 bits per heavy atom. The normalized spacial score (nSPS) is 29.3. The highest BCUT2D eigenvalue weighted by molar-refractivity contribution is 5.68. The van der Waals surface area contributed by atoms with Crippen molar-refractivity contribution in [1.29, 1.82) is 0 Å². The second kappa shape index (κ2) is 8.60. The third kappa shape index (κ3) is 5.78. The highest BCUT2D eigenvalue weighted by Gasteiger charge is 2.50. The molecule has 1 fully saturated rings. The van der Waals surface area contributed by atoms with Crippen LogP contribution in [0.1, 0.15) is 27.7 Å². The molecule has 136 valence electrons. The first-order valence-electron chi connectivity index (χ1n) is 7.18. The molecule has 1 saturated heterocycles. The second-order valence-corrected chi connectivity index (χ2v) is 5.18. The molecule has 0 unspecified atom stereocenters. The Hall–Kier alpha value is -2.20. The molecule has 0 saturated carbocycles. The molecule has 1 heterocycles. The zero-order valence-electron chi connectivity index (χ0n) is 13.8. The maximum atomic E-state index is 11.3. The molecule has 2 N–H and O–H groups in total. The molecule has 1 aliphatic heterocycles. The summed E-state index contributed by atoms with van der Waals surface area (Å²) in [5.74, 6) is -2.62. The van der Waals surface area contributed by atoms with Gasteiger partial charge in [-0.1, -0.05) is 0 Å². The van der Waals surface area contributed by atoms with Gasteiger partial charge in [-0.2, -0.15) is 0 Å². The Kier molecular flexibility index (Phi) is 7.11. The lowest BCUT2D eigenvalue weighted by molar-refractivity contribution is -0.267. The second-order valence-electron chi connectivity index (χ2n) is 5.18. The highest BCUT2D eigenvalue weighted by Crippen LogP contribution is 2.26. The van der Waals surface area contributed by atoms with E-state index in [4.69, 9.17) is 29.4 Å². The predicted octanol–water partition coefficient (Wildman–Crippen LogP) is -0.972. The van der Waals surface area contributed by atoms with Crippen LogP contribution in [0.4, 0.5) is 0 Å². The summed E-state index contributed by atoms with van der Waals surface area (Å²) in [6, 6.07) is -1.10. The molecule has 0 amide bonds. The van der Waals surface area contributed by atoms with Gasteiger partial charge in [-0.05, 0) is 0 Å². The summed E-state index contributed by atoms with van der Waals surface area (Å²) in [5, 5.41) is 0. The van der Waals surface area contributed by atoms with Crippen LogP contribution >= 0.6 is 0 Å². The van der Waals surface area contributed by atoms with Crippen molar-refractivity contribution in [2.75, 3.05) is 6.61 Å². The van der Waals surface area contributed by atoms with Gasteiger partial charge in [-0.25, -0.2) is 0 Å². The van der Waals surface area contributed by atoms with Crippen molar-refractivity contribution in [1.82, 2.24) is 0 Å². The Morgan fingerprint density at radius 3 is 1.79 bits per heavy atom. The molecular weight excluding hydrogens is 326 g/mol. The number of hydrogen-bond donors (Lipinski definition) is 1. The summed E-state index contributed by atoms with van der Waals surface area (Å²) in [6.07, 6.45) is -4.58. The molecule has 0 radical (unpaired) electrons. The number of esters is 4. The molecule has 0 bridgehead atoms. The smallest absolute Gasteiger partial charge is 0.304 e. The fourth-order valence-corrected chi connectivity index (χ4v) is 2.20. The van der Waals surface area contributed by atoms with E-state index in [-0.39, 0.29) is 6.61 Å². The fraction of sp³-hybridized carbons (Fsp3) is 0.714. The van der Waals surface area contributed by atoms with Crippen molar-refractivity contribution in [2.24, 2.45) is 5.73 Å². The fourth-order valence-electron chi connectivity index (χ4n) is 2.20. The van der Waals surface area contributed by atoms with E-state index >= 15 is 0 Å². The van der Waals surface area contributed by atoms with E-state index < -0.39 is 54.5 Å². The first kappa shape index (κ1) is 19.8. The topological polar surface area (TPSA) is 140 Å². The van der Waals surface area contributed by atoms with Gasteiger partial charge in [0.25, 0.3) is 0 Å². The predicted molar refractivity (Wildman–Crippen MR) is 76.1 cm³/mol. The molecule has 0 aromatic carbocycles. The van der Waals surface area contributed by atoms with E-state index in [1.165, 1.54) is 6.92 Å². The van der Waals surface area contributed by atoms with Crippen LogP contribution < -0.4 is 5.73 Å². The maximum absolute atomic E-state index is 11.3. The zero-order valence-corrected chi connectivity index (χ0v) is 13.8. The van der Waals surface area contributed by atoms with Gasteiger partial charge in [0.15, 0.2) is 12.2 Å². The van der Waals surface area contributed by atoms with Gasteiger partial charge in [0, 0.05) is 27.7 Å². The summed E-state index contributed by atoms with van der Waals surface area (Å²) in [5.41, 5.74) is 5.93. The van der Waals surface area contributed by atoms with Gasteiger partial charge in [0.2, 0.25) is 6.29 Å². The standard InChI is InChI=1S/C14H21NO9/c1-6(16)20-5-10-12(21-7(2)17)13(22-8(3)18)11(15)14(24-10)23-9(4)19/h10-14H,5,15H2,1-4H3/t10-,11+,12+,13-,14+/m0/s1. The minimum absolute atomic E-state index is 0.310. The van der Waals surface area contributed by atoms with Gasteiger partial charge in [-0.3, -0.25) is 19.2 Å². The molecule has 24 heavy (non-hydrogen) atoms. The molecule has 1 aliphatic rings. The molecule has 0 aromatic rings. The third-order valence-electron chi connectivity index (χ3n) is 3.03. The third-order valence-corrected chi connectivity index (χ3v) is 3.03. The number of rotatable bonds is 5. The Labute approximate surface area is 138 Å². The quantitative estimate of drug-likeness (QED) is 0.487. The summed E-state index contributed by atoms with van der Waals surface area (Å²) in [6.45, 7) is 4.32. The van der Waals surface area contributed by atoms with E-state index in [1.54, 1.807) is 0 Å². The SMILES string of the molecule is CC(=O)OC[C@@H]1O[C@@H](OC(C)=O)[C@H](N)[C@H](OC(C)=O)[C@@H]1OC(C)=O. The highest BCUT2D eigenvalue weighted by atomic mass is 16.7. The summed E-state index contributed by atoms with van der Waals surface area (Å²) < 4.78 is 25.5. The lowest BCUT2D eigenvalue weighted by Gasteiger charge is -2.42. The van der Waals surface area contributed by atoms with Crippen LogP contribution in [-0.2, 0) is 42.9 Å². The van der Waals surface area contributed by atoms with Crippen molar-refractivity contribution in [3.05, 3.63) is 0 Å². The van der Waals surface area contributed by atoms with Gasteiger partial charge < -0.3 is 29.4 Å². The van der Waals surface area contributed by atoms with Crippen molar-refractivity contribution in [2.45, 2.75) is 58.3 Å². The largest absolute Gasteiger partial charge is 0.463 e. The van der Waals surface area contributed by atoms with Crippen LogP contribution in [0.2, 0.25) is 0 Å². The average Bonchev–Trinajstić information content (AvgIpc) is 2.42. The van der Waals surface area contributed by atoms with Crippen LogP contribution in [0.15, 0.2) is 0 Å².